The van der Waals surface area contributed by atoms with E-state index >= 15 is 0 Å². The molecule has 1 aromatic carbocycles. The average Bonchev–Trinajstić information content (AvgIpc) is 2.75. The van der Waals surface area contributed by atoms with Gasteiger partial charge in [-0.2, -0.15) is 4.31 Å². The van der Waals surface area contributed by atoms with Gasteiger partial charge in [0.25, 0.3) is 0 Å². The average molecular weight is 428 g/mol. The molecule has 0 saturated carbocycles. The summed E-state index contributed by atoms with van der Waals surface area (Å²) >= 11 is 0. The molecule has 0 bridgehead atoms. The highest BCUT2D eigenvalue weighted by molar-refractivity contribution is 7.89. The van der Waals surface area contributed by atoms with Crippen molar-refractivity contribution in [3.63, 3.8) is 0 Å². The van der Waals surface area contributed by atoms with Crippen LogP contribution in [0.2, 0.25) is 0 Å². The normalized spacial score (nSPS) is 15.2. The molecule has 1 aliphatic rings. The summed E-state index contributed by atoms with van der Waals surface area (Å²) in [5.74, 6) is 1.17. The highest BCUT2D eigenvalue weighted by atomic mass is 32.2. The molecule has 1 saturated heterocycles. The number of hydrogen-bond acceptors (Lipinski definition) is 7. The molecule has 30 heavy (non-hydrogen) atoms. The number of nitrogens with one attached hydrogen (secondary N) is 1. The van der Waals surface area contributed by atoms with Crippen molar-refractivity contribution in [1.29, 1.82) is 0 Å². The van der Waals surface area contributed by atoms with Gasteiger partial charge in [-0.25, -0.2) is 17.8 Å². The van der Waals surface area contributed by atoms with Crippen molar-refractivity contribution >= 4 is 27.5 Å². The molecule has 0 atom stereocenters. The predicted octanol–water partition coefficient (Wildman–Crippen LogP) is 2.57. The summed E-state index contributed by atoms with van der Waals surface area (Å²) in [7, 11) is -3.86. The van der Waals surface area contributed by atoms with Crippen molar-refractivity contribution < 1.29 is 12.8 Å². The first-order chi connectivity index (χ1) is 14.4. The van der Waals surface area contributed by atoms with E-state index < -0.39 is 15.8 Å². The molecule has 1 N–H and O–H groups in total. The first kappa shape index (κ1) is 20.2. The number of benzene rings is 1. The molecule has 0 amide bonds. The van der Waals surface area contributed by atoms with E-state index in [2.05, 4.69) is 20.5 Å². The lowest BCUT2D eigenvalue weighted by molar-refractivity contribution is 0.381. The molecule has 3 heterocycles. The standard InChI is InChI=1S/C20H21FN6O2S/c1-15-5-4-8-18(22-15)23-19-9-10-20(25-24-19)26-11-13-27(14-12-26)30(28,29)17-7-3-2-6-16(17)21/h2-10H,11-14H2,1H3,(H,22,23,24). The van der Waals surface area contributed by atoms with Crippen LogP contribution in [0.15, 0.2) is 59.5 Å². The molecule has 3 aromatic rings. The lowest BCUT2D eigenvalue weighted by Gasteiger charge is -2.34. The molecular formula is C20H21FN6O2S. The third-order valence-corrected chi connectivity index (χ3v) is 6.74. The summed E-state index contributed by atoms with van der Waals surface area (Å²) in [5, 5.41) is 11.5. The predicted molar refractivity (Wildman–Crippen MR) is 112 cm³/mol. The van der Waals surface area contributed by atoms with Crippen LogP contribution in [-0.4, -0.2) is 54.1 Å². The molecule has 10 heteroatoms. The van der Waals surface area contributed by atoms with Crippen molar-refractivity contribution in [1.82, 2.24) is 19.5 Å². The van der Waals surface area contributed by atoms with Crippen molar-refractivity contribution in [2.75, 3.05) is 36.4 Å². The number of pyridine rings is 1. The van der Waals surface area contributed by atoms with E-state index in [4.69, 9.17) is 0 Å². The van der Waals surface area contributed by atoms with Gasteiger partial charge >= 0.3 is 0 Å². The maximum atomic E-state index is 14.0. The summed E-state index contributed by atoms with van der Waals surface area (Å²) in [6, 6.07) is 14.7. The number of aromatic nitrogens is 3. The zero-order valence-electron chi connectivity index (χ0n) is 16.4. The number of nitrogens with zero attached hydrogens (tertiary/aromatic N) is 5. The van der Waals surface area contributed by atoms with Crippen molar-refractivity contribution in [3.05, 3.63) is 66.1 Å². The Labute approximate surface area is 174 Å². The van der Waals surface area contributed by atoms with Crippen LogP contribution in [0.1, 0.15) is 5.69 Å². The van der Waals surface area contributed by atoms with Gasteiger partial charge in [0.15, 0.2) is 11.6 Å². The van der Waals surface area contributed by atoms with Crippen LogP contribution in [0.25, 0.3) is 0 Å². The highest BCUT2D eigenvalue weighted by Gasteiger charge is 2.30. The summed E-state index contributed by atoms with van der Waals surface area (Å²) in [5.41, 5.74) is 0.896. The molecule has 0 radical (unpaired) electrons. The Morgan fingerprint density at radius 1 is 0.900 bits per heavy atom. The van der Waals surface area contributed by atoms with Crippen LogP contribution in [0, 0.1) is 12.7 Å². The summed E-state index contributed by atoms with van der Waals surface area (Å²) in [6.45, 7) is 3.27. The van der Waals surface area contributed by atoms with Gasteiger partial charge in [0.1, 0.15) is 16.5 Å². The van der Waals surface area contributed by atoms with Gasteiger partial charge < -0.3 is 10.2 Å². The van der Waals surface area contributed by atoms with Gasteiger partial charge in [0, 0.05) is 31.9 Å². The fourth-order valence-corrected chi connectivity index (χ4v) is 4.74. The minimum atomic E-state index is -3.86. The number of aryl methyl sites for hydroxylation is 1. The maximum Gasteiger partial charge on any atom is 0.246 e. The number of piperazine rings is 1. The van der Waals surface area contributed by atoms with Crippen molar-refractivity contribution in [3.8, 4) is 0 Å². The Kier molecular flexibility index (Phi) is 5.60. The number of rotatable bonds is 5. The smallest absolute Gasteiger partial charge is 0.246 e. The first-order valence-corrected chi connectivity index (χ1v) is 10.9. The number of sulfonamides is 1. The first-order valence-electron chi connectivity index (χ1n) is 9.47. The van der Waals surface area contributed by atoms with Gasteiger partial charge in [-0.1, -0.05) is 18.2 Å². The quantitative estimate of drug-likeness (QED) is 0.668. The third kappa shape index (κ3) is 4.24. The van der Waals surface area contributed by atoms with E-state index in [0.29, 0.717) is 30.5 Å². The molecule has 2 aromatic heterocycles. The highest BCUT2D eigenvalue weighted by Crippen LogP contribution is 2.22. The molecule has 0 aliphatic carbocycles. The Hall–Kier alpha value is -3.11. The Balaban J connectivity index is 1.40. The SMILES string of the molecule is Cc1cccc(Nc2ccc(N3CCN(S(=O)(=O)c4ccccc4F)CC3)nn2)n1. The van der Waals surface area contributed by atoms with Gasteiger partial charge in [0.05, 0.1) is 0 Å². The molecule has 1 fully saturated rings. The van der Waals surface area contributed by atoms with E-state index in [9.17, 15) is 12.8 Å². The summed E-state index contributed by atoms with van der Waals surface area (Å²) in [4.78, 5) is 6.03. The molecule has 0 spiro atoms. The second-order valence-electron chi connectivity index (χ2n) is 6.89. The maximum absolute atomic E-state index is 14.0. The monoisotopic (exact) mass is 428 g/mol. The summed E-state index contributed by atoms with van der Waals surface area (Å²) < 4.78 is 40.7. The van der Waals surface area contributed by atoms with Crippen LogP contribution in [0.4, 0.5) is 21.8 Å². The van der Waals surface area contributed by atoms with Crippen molar-refractivity contribution in [2.45, 2.75) is 11.8 Å². The third-order valence-electron chi connectivity index (χ3n) is 4.81. The fraction of sp³-hybridized carbons (Fsp3) is 0.250. The number of halogens is 1. The molecule has 0 unspecified atom stereocenters. The Morgan fingerprint density at radius 3 is 2.33 bits per heavy atom. The topological polar surface area (TPSA) is 91.3 Å². The number of anilines is 3. The van der Waals surface area contributed by atoms with Crippen LogP contribution in [0.5, 0.6) is 0 Å². The fourth-order valence-electron chi connectivity index (χ4n) is 3.26. The van der Waals surface area contributed by atoms with Crippen LogP contribution in [-0.2, 0) is 10.0 Å². The van der Waals surface area contributed by atoms with Crippen LogP contribution >= 0.6 is 0 Å². The van der Waals surface area contributed by atoms with Crippen molar-refractivity contribution in [2.24, 2.45) is 0 Å². The van der Waals surface area contributed by atoms with Gasteiger partial charge in [0.2, 0.25) is 10.0 Å². The largest absolute Gasteiger partial charge is 0.352 e. The lowest BCUT2D eigenvalue weighted by atomic mass is 10.3. The molecule has 4 rings (SSSR count). The van der Waals surface area contributed by atoms with Gasteiger partial charge in [-0.3, -0.25) is 0 Å². The number of hydrogen-bond donors (Lipinski definition) is 1. The molecule has 156 valence electrons. The molecule has 1 aliphatic heterocycles. The van der Waals surface area contributed by atoms with Crippen LogP contribution < -0.4 is 10.2 Å². The molecule has 8 nitrogen and oxygen atoms in total. The zero-order chi connectivity index (χ0) is 21.1. The van der Waals surface area contributed by atoms with Gasteiger partial charge in [-0.15, -0.1) is 10.2 Å². The van der Waals surface area contributed by atoms with E-state index in [1.165, 1.54) is 22.5 Å². The van der Waals surface area contributed by atoms with E-state index in [1.54, 1.807) is 6.07 Å². The van der Waals surface area contributed by atoms with Gasteiger partial charge in [-0.05, 0) is 43.3 Å². The van der Waals surface area contributed by atoms with E-state index in [0.717, 1.165) is 11.8 Å². The minimum Gasteiger partial charge on any atom is -0.352 e. The summed E-state index contributed by atoms with van der Waals surface area (Å²) in [6.07, 6.45) is 0. The van der Waals surface area contributed by atoms with Crippen LogP contribution in [0.3, 0.4) is 0 Å². The Bertz CT molecular complexity index is 1130. The zero-order valence-corrected chi connectivity index (χ0v) is 17.2. The van der Waals surface area contributed by atoms with E-state index in [1.807, 2.05) is 36.1 Å². The second-order valence-corrected chi connectivity index (χ2v) is 8.79. The van der Waals surface area contributed by atoms with E-state index in [-0.39, 0.29) is 18.0 Å². The lowest BCUT2D eigenvalue weighted by Crippen LogP contribution is -2.49. The Morgan fingerprint density at radius 2 is 1.67 bits per heavy atom. The molecular weight excluding hydrogens is 407 g/mol. The second kappa shape index (κ2) is 8.33. The minimum absolute atomic E-state index is 0.242.